The molecule has 336 valence electrons. The van der Waals surface area contributed by atoms with Gasteiger partial charge in [0.05, 0.1) is 64.1 Å². The van der Waals surface area contributed by atoms with Gasteiger partial charge < -0.3 is 114 Å². The van der Waals surface area contributed by atoms with E-state index in [1.54, 1.807) is 13.8 Å². The molecule has 0 aliphatic carbocycles. The minimum absolute atomic E-state index is 0.412. The van der Waals surface area contributed by atoms with Gasteiger partial charge in [-0.1, -0.05) is 13.8 Å². The summed E-state index contributed by atoms with van der Waals surface area (Å²) in [5, 5.41) is 146. The second kappa shape index (κ2) is 21.7. The summed E-state index contributed by atoms with van der Waals surface area (Å²) in [6, 6.07) is 0. The Morgan fingerprint density at radius 1 is 0.509 bits per heavy atom. The zero-order chi connectivity index (χ0) is 42.5. The van der Waals surface area contributed by atoms with Gasteiger partial charge in [-0.2, -0.15) is 0 Å². The van der Waals surface area contributed by atoms with Crippen molar-refractivity contribution in [1.29, 1.82) is 0 Å². The van der Waals surface area contributed by atoms with Crippen molar-refractivity contribution < 1.29 is 114 Å². The average molecular weight is 839 g/mol. The fourth-order valence-corrected chi connectivity index (χ4v) is 7.07. The summed E-state index contributed by atoms with van der Waals surface area (Å²) in [5.74, 6) is -1.39. The fourth-order valence-electron chi connectivity index (χ4n) is 7.07. The zero-order valence-corrected chi connectivity index (χ0v) is 32.0. The lowest BCUT2D eigenvalue weighted by molar-refractivity contribution is -0.384. The van der Waals surface area contributed by atoms with Gasteiger partial charge in [-0.25, -0.2) is 0 Å². The van der Waals surface area contributed by atoms with Crippen LogP contribution in [0.3, 0.4) is 0 Å². The molecule has 0 saturated carbocycles. The molecular formula is C34H62O23. The summed E-state index contributed by atoms with van der Waals surface area (Å²) in [6.07, 6.45) is -33.8. The van der Waals surface area contributed by atoms with Crippen LogP contribution in [0, 0.1) is 11.8 Å². The first-order valence-corrected chi connectivity index (χ1v) is 19.0. The van der Waals surface area contributed by atoms with E-state index < -0.39 is 187 Å². The average Bonchev–Trinajstić information content (AvgIpc) is 3.19. The molecule has 24 atom stereocenters. The molecule has 0 aromatic carbocycles. The first-order valence-electron chi connectivity index (χ1n) is 19.0. The van der Waals surface area contributed by atoms with E-state index in [-0.39, 0.29) is 0 Å². The zero-order valence-electron chi connectivity index (χ0n) is 32.0. The molecule has 0 bridgehead atoms. The molecule has 0 aromatic rings. The summed E-state index contributed by atoms with van der Waals surface area (Å²) in [4.78, 5) is 0. The largest absolute Gasteiger partial charge is 0.394 e. The van der Waals surface area contributed by atoms with Gasteiger partial charge in [0.2, 0.25) is 0 Å². The molecule has 0 spiro atoms. The monoisotopic (exact) mass is 838 g/mol. The van der Waals surface area contributed by atoms with Crippen molar-refractivity contribution in [2.45, 2.75) is 163 Å². The number of hydrogen-bond donors (Lipinski definition) is 14. The normalized spacial score (nSPS) is 46.6. The Morgan fingerprint density at radius 2 is 1.02 bits per heavy atom. The van der Waals surface area contributed by atoms with Crippen molar-refractivity contribution in [3.8, 4) is 0 Å². The second-order valence-electron chi connectivity index (χ2n) is 15.1. The first kappa shape index (κ1) is 48.7. The molecule has 4 aliphatic rings. The highest BCUT2D eigenvalue weighted by molar-refractivity contribution is 4.97. The molecule has 23 nitrogen and oxygen atoms in total. The third kappa shape index (κ3) is 11.1. The summed E-state index contributed by atoms with van der Waals surface area (Å²) in [6.45, 7) is 1.69. The van der Waals surface area contributed by atoms with Crippen LogP contribution in [0.2, 0.25) is 0 Å². The molecule has 4 fully saturated rings. The van der Waals surface area contributed by atoms with Crippen LogP contribution in [0.1, 0.15) is 27.7 Å². The first-order chi connectivity index (χ1) is 26.9. The highest BCUT2D eigenvalue weighted by Crippen LogP contribution is 2.37. The van der Waals surface area contributed by atoms with Crippen LogP contribution < -0.4 is 0 Å². The van der Waals surface area contributed by atoms with Gasteiger partial charge in [-0.05, 0) is 13.8 Å². The summed E-state index contributed by atoms with van der Waals surface area (Å²) in [7, 11) is 0. The second-order valence-corrected chi connectivity index (χ2v) is 15.1. The van der Waals surface area contributed by atoms with Crippen LogP contribution in [-0.4, -0.2) is 246 Å². The maximum atomic E-state index is 11.5. The van der Waals surface area contributed by atoms with E-state index in [0.29, 0.717) is 0 Å². The van der Waals surface area contributed by atoms with Gasteiger partial charge in [0, 0.05) is 11.8 Å². The fraction of sp³-hybridized carbons (Fsp3) is 1.00. The Kier molecular flexibility index (Phi) is 18.6. The van der Waals surface area contributed by atoms with Crippen molar-refractivity contribution in [3.63, 3.8) is 0 Å². The Morgan fingerprint density at radius 3 is 1.58 bits per heavy atom. The molecular weight excluding hydrogens is 776 g/mol. The lowest BCUT2D eigenvalue weighted by atomic mass is 9.88. The van der Waals surface area contributed by atoms with E-state index in [4.69, 9.17) is 42.6 Å². The van der Waals surface area contributed by atoms with E-state index in [9.17, 15) is 71.5 Å². The van der Waals surface area contributed by atoms with Crippen LogP contribution in [0.5, 0.6) is 0 Å². The number of rotatable bonds is 18. The molecule has 14 N–H and O–H groups in total. The van der Waals surface area contributed by atoms with Gasteiger partial charge >= 0.3 is 0 Å². The number of hydrogen-bond acceptors (Lipinski definition) is 23. The van der Waals surface area contributed by atoms with Crippen LogP contribution in [0.4, 0.5) is 0 Å². The van der Waals surface area contributed by atoms with Gasteiger partial charge in [-0.15, -0.1) is 0 Å². The Hall–Kier alpha value is -0.920. The third-order valence-corrected chi connectivity index (χ3v) is 11.0. The number of aliphatic hydroxyl groups is 14. The third-order valence-electron chi connectivity index (χ3n) is 11.0. The topological polar surface area (TPSA) is 366 Å². The van der Waals surface area contributed by atoms with Gasteiger partial charge in [0.25, 0.3) is 0 Å². The van der Waals surface area contributed by atoms with E-state index in [0.717, 1.165) is 0 Å². The van der Waals surface area contributed by atoms with Crippen molar-refractivity contribution in [1.82, 2.24) is 0 Å². The van der Waals surface area contributed by atoms with Crippen molar-refractivity contribution >= 4 is 0 Å². The van der Waals surface area contributed by atoms with Crippen molar-refractivity contribution in [2.24, 2.45) is 11.8 Å². The molecule has 0 aromatic heterocycles. The van der Waals surface area contributed by atoms with E-state index in [2.05, 4.69) is 0 Å². The van der Waals surface area contributed by atoms with Crippen molar-refractivity contribution in [2.75, 3.05) is 39.6 Å². The predicted octanol–water partition coefficient (Wildman–Crippen LogP) is -7.67. The van der Waals surface area contributed by atoms with E-state index >= 15 is 0 Å². The van der Waals surface area contributed by atoms with Crippen LogP contribution >= 0.6 is 0 Å². The Labute approximate surface area is 328 Å². The van der Waals surface area contributed by atoms with Crippen LogP contribution in [0.25, 0.3) is 0 Å². The van der Waals surface area contributed by atoms with Gasteiger partial charge in [0.1, 0.15) is 85.5 Å². The van der Waals surface area contributed by atoms with Crippen LogP contribution in [0.15, 0.2) is 0 Å². The quantitative estimate of drug-likeness (QED) is 0.0570. The predicted molar refractivity (Wildman–Crippen MR) is 183 cm³/mol. The molecule has 4 saturated heterocycles. The summed E-state index contributed by atoms with van der Waals surface area (Å²) >= 11 is 0. The molecule has 10 unspecified atom stereocenters. The molecule has 0 amide bonds. The van der Waals surface area contributed by atoms with E-state index in [1.165, 1.54) is 13.8 Å². The molecule has 4 heterocycles. The lowest BCUT2D eigenvalue weighted by Gasteiger charge is -2.49. The van der Waals surface area contributed by atoms with E-state index in [1.807, 2.05) is 0 Å². The Balaban J connectivity index is 1.58. The maximum Gasteiger partial charge on any atom is 0.187 e. The smallest absolute Gasteiger partial charge is 0.187 e. The lowest BCUT2D eigenvalue weighted by Crippen LogP contribution is -2.66. The standard InChI is InChI=1S/C34H62O23/c1-11-14(4)50-18(8-38)28(21(11)42)55-31-12(2)22(43)29(19(9-39)53-31)56-34-27(48)30(57-33-26(47)25(46)23(44)17(7-37)52-33)24(45)20(54-34)10-49-32(15(41)5-35)51-16(6-36)13(3)40/h11-48H,5-10H2,1-4H3/t11-,12?,13+,14+,15-,16?,17-,18?,19?,20?,21?,22?,23-,24-,25?,26?,27-,28-,29-,30?,31+,32+,33-,34+/m1/s1. The Bertz CT molecular complexity index is 1170. The number of aliphatic hydroxyl groups excluding tert-OH is 14. The highest BCUT2D eigenvalue weighted by atomic mass is 16.8. The summed E-state index contributed by atoms with van der Waals surface area (Å²) in [5.41, 5.74) is 0. The molecule has 0 radical (unpaired) electrons. The molecule has 23 heteroatoms. The minimum atomic E-state index is -2.04. The molecule has 4 rings (SSSR count). The highest BCUT2D eigenvalue weighted by Gasteiger charge is 2.54. The SMILES string of the molecule is CC1C(O)[C@H](O[C@@H]2OC(CO[C@@H](OC(CO)[C@H](C)O)[C@H](O)CO)[C@@H](O)C(O[C@H]3O[C@H](CO)[C@@H](O)C(O)C3O)[C@H]2O)C(CO)O[C@H]1O[C@@H]1C(CO)O[C@@H](C)[C@@H](C)C1O. The molecule has 57 heavy (non-hydrogen) atoms. The van der Waals surface area contributed by atoms with Gasteiger partial charge in [0.15, 0.2) is 25.2 Å². The van der Waals surface area contributed by atoms with Crippen molar-refractivity contribution in [3.05, 3.63) is 0 Å². The summed E-state index contributed by atoms with van der Waals surface area (Å²) < 4.78 is 51.8. The maximum absolute atomic E-state index is 11.5. The number of ether oxygens (including phenoxy) is 9. The van der Waals surface area contributed by atoms with Gasteiger partial charge in [-0.3, -0.25) is 0 Å². The molecule has 4 aliphatic heterocycles. The van der Waals surface area contributed by atoms with Crippen LogP contribution in [-0.2, 0) is 42.6 Å². The minimum Gasteiger partial charge on any atom is -0.394 e.